The minimum absolute atomic E-state index is 0.240. The molecule has 0 unspecified atom stereocenters. The number of aromatic carboxylic acids is 1. The molecule has 1 N–H and O–H groups in total. The molecule has 1 fully saturated rings. The molecule has 5 heteroatoms. The first-order valence-corrected chi connectivity index (χ1v) is 7.45. The van der Waals surface area contributed by atoms with Gasteiger partial charge >= 0.3 is 5.97 Å². The van der Waals surface area contributed by atoms with Gasteiger partial charge in [-0.15, -0.1) is 0 Å². The summed E-state index contributed by atoms with van der Waals surface area (Å²) in [5.41, 5.74) is 2.10. The van der Waals surface area contributed by atoms with Crippen LogP contribution >= 0.6 is 0 Å². The maximum atomic E-state index is 11.3. The summed E-state index contributed by atoms with van der Waals surface area (Å²) in [6.45, 7) is 5.80. The van der Waals surface area contributed by atoms with Crippen LogP contribution < -0.4 is 4.74 Å². The molecule has 0 amide bonds. The summed E-state index contributed by atoms with van der Waals surface area (Å²) in [6, 6.07) is 3.39. The minimum Gasteiger partial charge on any atom is -0.478 e. The van der Waals surface area contributed by atoms with Crippen LogP contribution in [0.1, 0.15) is 41.3 Å². The zero-order valence-corrected chi connectivity index (χ0v) is 12.3. The fourth-order valence-electron chi connectivity index (χ4n) is 3.00. The van der Waals surface area contributed by atoms with Gasteiger partial charge in [0, 0.05) is 17.7 Å². The third kappa shape index (κ3) is 3.19. The Balaban J connectivity index is 1.85. The third-order valence-corrected chi connectivity index (χ3v) is 4.30. The lowest BCUT2D eigenvalue weighted by atomic mass is 9.98. The summed E-state index contributed by atoms with van der Waals surface area (Å²) in [4.78, 5) is 13.7. The van der Waals surface area contributed by atoms with Crippen LogP contribution in [-0.4, -0.2) is 35.9 Å². The van der Waals surface area contributed by atoms with Crippen molar-refractivity contribution >= 4 is 5.97 Å². The molecular weight excluding hydrogens is 270 g/mol. The molecule has 0 aliphatic carbocycles. The molecule has 114 valence electrons. The summed E-state index contributed by atoms with van der Waals surface area (Å²) >= 11 is 0. The van der Waals surface area contributed by atoms with Crippen LogP contribution in [0.25, 0.3) is 0 Å². The van der Waals surface area contributed by atoms with Gasteiger partial charge in [-0.3, -0.25) is 4.90 Å². The predicted octanol–water partition coefficient (Wildman–Crippen LogP) is 2.48. The van der Waals surface area contributed by atoms with E-state index < -0.39 is 5.97 Å². The zero-order valence-electron chi connectivity index (χ0n) is 12.3. The van der Waals surface area contributed by atoms with Crippen molar-refractivity contribution in [3.8, 4) is 5.75 Å². The van der Waals surface area contributed by atoms with Gasteiger partial charge in [0.25, 0.3) is 0 Å². The van der Waals surface area contributed by atoms with Crippen molar-refractivity contribution in [1.82, 2.24) is 4.90 Å². The van der Waals surface area contributed by atoms with Gasteiger partial charge < -0.3 is 14.6 Å². The predicted molar refractivity (Wildman–Crippen MR) is 77.4 cm³/mol. The van der Waals surface area contributed by atoms with E-state index in [1.165, 1.54) is 12.8 Å². The molecule has 1 aromatic rings. The van der Waals surface area contributed by atoms with Crippen molar-refractivity contribution in [1.29, 1.82) is 0 Å². The van der Waals surface area contributed by atoms with Gasteiger partial charge in [-0.2, -0.15) is 0 Å². The highest BCUT2D eigenvalue weighted by molar-refractivity contribution is 5.88. The first-order valence-electron chi connectivity index (χ1n) is 7.45. The normalized spacial score (nSPS) is 19.9. The van der Waals surface area contributed by atoms with E-state index in [1.807, 2.05) is 0 Å². The summed E-state index contributed by atoms with van der Waals surface area (Å²) in [7, 11) is 0. The molecule has 21 heavy (non-hydrogen) atoms. The molecule has 2 aliphatic heterocycles. The summed E-state index contributed by atoms with van der Waals surface area (Å²) < 4.78 is 10.9. The molecule has 5 nitrogen and oxygen atoms in total. The lowest BCUT2D eigenvalue weighted by molar-refractivity contribution is -0.0176. The fraction of sp³-hybridized carbons (Fsp3) is 0.562. The second-order valence-electron chi connectivity index (χ2n) is 6.00. The first kappa shape index (κ1) is 14.4. The molecule has 2 heterocycles. The average Bonchev–Trinajstić information content (AvgIpc) is 2.49. The van der Waals surface area contributed by atoms with E-state index in [-0.39, 0.29) is 6.79 Å². The Hall–Kier alpha value is -1.59. The van der Waals surface area contributed by atoms with E-state index in [9.17, 15) is 9.90 Å². The highest BCUT2D eigenvalue weighted by atomic mass is 16.7. The Labute approximate surface area is 124 Å². The number of nitrogens with zero attached hydrogens (tertiary/aromatic N) is 1. The van der Waals surface area contributed by atoms with Gasteiger partial charge in [-0.1, -0.05) is 6.92 Å². The van der Waals surface area contributed by atoms with Crippen LogP contribution in [0.15, 0.2) is 12.1 Å². The molecule has 1 saturated heterocycles. The maximum Gasteiger partial charge on any atom is 0.335 e. The number of fused-ring (bicyclic) bond motifs is 1. The summed E-state index contributed by atoms with van der Waals surface area (Å²) in [5.74, 6) is 0.687. The Bertz CT molecular complexity index is 535. The quantitative estimate of drug-likeness (QED) is 0.927. The number of rotatable bonds is 3. The SMILES string of the molecule is CC1CCN(Cc2cc(C(=O)O)cc3c2OCOC3)CC1. The van der Waals surface area contributed by atoms with Crippen LogP contribution in [0, 0.1) is 5.92 Å². The van der Waals surface area contributed by atoms with E-state index in [0.717, 1.165) is 42.4 Å². The Morgan fingerprint density at radius 3 is 2.86 bits per heavy atom. The van der Waals surface area contributed by atoms with E-state index in [4.69, 9.17) is 9.47 Å². The lowest BCUT2D eigenvalue weighted by Crippen LogP contribution is -2.32. The molecule has 0 aromatic heterocycles. The van der Waals surface area contributed by atoms with Crippen LogP contribution in [0.4, 0.5) is 0 Å². The third-order valence-electron chi connectivity index (χ3n) is 4.30. The van der Waals surface area contributed by atoms with Crippen molar-refractivity contribution < 1.29 is 19.4 Å². The number of carboxylic acids is 1. The Morgan fingerprint density at radius 1 is 1.38 bits per heavy atom. The molecule has 3 rings (SSSR count). The highest BCUT2D eigenvalue weighted by Gasteiger charge is 2.22. The second-order valence-corrected chi connectivity index (χ2v) is 6.00. The van der Waals surface area contributed by atoms with Gasteiger partial charge in [-0.25, -0.2) is 4.79 Å². The van der Waals surface area contributed by atoms with Crippen LogP contribution in [0.2, 0.25) is 0 Å². The van der Waals surface area contributed by atoms with Crippen molar-refractivity contribution in [2.24, 2.45) is 5.92 Å². The molecule has 2 aliphatic rings. The van der Waals surface area contributed by atoms with Crippen LogP contribution in [0.5, 0.6) is 5.75 Å². The molecule has 1 aromatic carbocycles. The number of carbonyl (C=O) groups is 1. The van der Waals surface area contributed by atoms with Gasteiger partial charge in [0.15, 0.2) is 6.79 Å². The first-order chi connectivity index (χ1) is 10.1. The van der Waals surface area contributed by atoms with E-state index in [2.05, 4.69) is 11.8 Å². The molecule has 0 saturated carbocycles. The molecular formula is C16H21NO4. The van der Waals surface area contributed by atoms with Crippen LogP contribution in [0.3, 0.4) is 0 Å². The monoisotopic (exact) mass is 291 g/mol. The average molecular weight is 291 g/mol. The number of benzene rings is 1. The number of hydrogen-bond donors (Lipinski definition) is 1. The number of hydrogen-bond acceptors (Lipinski definition) is 4. The number of piperidine rings is 1. The number of ether oxygens (including phenoxy) is 2. The zero-order chi connectivity index (χ0) is 14.8. The molecule has 0 bridgehead atoms. The number of carboxylic acid groups (broad SMARTS) is 1. The summed E-state index contributed by atoms with van der Waals surface area (Å²) in [6.07, 6.45) is 2.40. The van der Waals surface area contributed by atoms with Crippen molar-refractivity contribution in [2.45, 2.75) is 32.9 Å². The number of likely N-dealkylation sites (tertiary alicyclic amines) is 1. The molecule has 0 atom stereocenters. The fourth-order valence-corrected chi connectivity index (χ4v) is 3.00. The second kappa shape index (κ2) is 6.03. The van der Waals surface area contributed by atoms with Crippen molar-refractivity contribution in [3.63, 3.8) is 0 Å². The largest absolute Gasteiger partial charge is 0.478 e. The van der Waals surface area contributed by atoms with Crippen molar-refractivity contribution in [3.05, 3.63) is 28.8 Å². The van der Waals surface area contributed by atoms with Gasteiger partial charge in [0.1, 0.15) is 5.75 Å². The summed E-state index contributed by atoms with van der Waals surface area (Å²) in [5, 5.41) is 9.26. The Morgan fingerprint density at radius 2 is 2.14 bits per heavy atom. The van der Waals surface area contributed by atoms with Gasteiger partial charge in [-0.05, 0) is 44.0 Å². The smallest absolute Gasteiger partial charge is 0.335 e. The van der Waals surface area contributed by atoms with Crippen LogP contribution in [-0.2, 0) is 17.9 Å². The van der Waals surface area contributed by atoms with E-state index >= 15 is 0 Å². The molecule has 0 spiro atoms. The van der Waals surface area contributed by atoms with Gasteiger partial charge in [0.2, 0.25) is 0 Å². The van der Waals surface area contributed by atoms with Gasteiger partial charge in [0.05, 0.1) is 12.2 Å². The van der Waals surface area contributed by atoms with E-state index in [0.29, 0.717) is 12.2 Å². The highest BCUT2D eigenvalue weighted by Crippen LogP contribution is 2.31. The molecule has 0 radical (unpaired) electrons. The lowest BCUT2D eigenvalue weighted by Gasteiger charge is -2.31. The standard InChI is InChI=1S/C16H21NO4/c1-11-2-4-17(5-3-11)8-13-6-12(16(18)19)7-14-9-20-10-21-15(13)14/h6-7,11H,2-5,8-10H2,1H3,(H,18,19). The van der Waals surface area contributed by atoms with E-state index in [1.54, 1.807) is 12.1 Å². The minimum atomic E-state index is -0.906. The Kier molecular flexibility index (Phi) is 4.12. The maximum absolute atomic E-state index is 11.3. The van der Waals surface area contributed by atoms with Crippen molar-refractivity contribution in [2.75, 3.05) is 19.9 Å². The topological polar surface area (TPSA) is 59.0 Å².